The molecule has 1 aliphatic heterocycles. The van der Waals surface area contributed by atoms with Gasteiger partial charge >= 0.3 is 0 Å². The summed E-state index contributed by atoms with van der Waals surface area (Å²) >= 11 is 0. The first kappa shape index (κ1) is 11.0. The Morgan fingerprint density at radius 2 is 1.85 bits per heavy atom. The number of hydrogen-bond acceptors (Lipinski definition) is 3. The fourth-order valence-electron chi connectivity index (χ4n) is 1.42. The average molecular weight is 186 g/mol. The van der Waals surface area contributed by atoms with Crippen molar-refractivity contribution in [3.05, 3.63) is 0 Å². The average Bonchev–Trinajstić information content (AvgIpc) is 2.15. The fraction of sp³-hybridized carbons (Fsp3) is 1.00. The molecule has 0 aliphatic carbocycles. The monoisotopic (exact) mass is 186 g/mol. The molecule has 0 radical (unpaired) electrons. The quantitative estimate of drug-likeness (QED) is 0.596. The summed E-state index contributed by atoms with van der Waals surface area (Å²) in [6.45, 7) is 8.61. The fourth-order valence-corrected chi connectivity index (χ4v) is 1.42. The number of ether oxygens (including phenoxy) is 1. The molecular weight excluding hydrogens is 164 g/mol. The van der Waals surface area contributed by atoms with Crippen molar-refractivity contribution in [2.45, 2.75) is 19.8 Å². The van der Waals surface area contributed by atoms with E-state index in [1.807, 2.05) is 0 Å². The molecule has 0 bridgehead atoms. The Balaban J connectivity index is 1.96. The maximum atomic E-state index is 5.56. The van der Waals surface area contributed by atoms with Gasteiger partial charge in [0.25, 0.3) is 0 Å². The van der Waals surface area contributed by atoms with Crippen LogP contribution in [-0.2, 0) is 4.74 Å². The van der Waals surface area contributed by atoms with Crippen LogP contribution in [0, 0.1) is 0 Å². The van der Waals surface area contributed by atoms with Gasteiger partial charge in [-0.25, -0.2) is 0 Å². The van der Waals surface area contributed by atoms with E-state index in [9.17, 15) is 0 Å². The summed E-state index contributed by atoms with van der Waals surface area (Å²) < 4.78 is 5.56. The largest absolute Gasteiger partial charge is 0.366 e. The van der Waals surface area contributed by atoms with E-state index in [0.717, 1.165) is 26.4 Å². The summed E-state index contributed by atoms with van der Waals surface area (Å²) in [6.07, 6.45) is 2.41. The van der Waals surface area contributed by atoms with Crippen molar-refractivity contribution in [1.29, 1.82) is 0 Å². The zero-order valence-corrected chi connectivity index (χ0v) is 8.96. The molecule has 1 aliphatic rings. The van der Waals surface area contributed by atoms with Gasteiger partial charge in [-0.15, -0.1) is 0 Å². The van der Waals surface area contributed by atoms with Crippen LogP contribution >= 0.6 is 0 Å². The Labute approximate surface area is 81.7 Å². The standard InChI is InChI=1S/C10H22N2O/c1-3-4-9-13-10-12-7-5-11(2)6-8-12/h3-10H2,1-2H3. The first-order chi connectivity index (χ1) is 6.33. The van der Waals surface area contributed by atoms with Gasteiger partial charge in [-0.3, -0.25) is 4.90 Å². The lowest BCUT2D eigenvalue weighted by atomic mass is 10.3. The van der Waals surface area contributed by atoms with E-state index in [1.165, 1.54) is 25.9 Å². The summed E-state index contributed by atoms with van der Waals surface area (Å²) in [5, 5.41) is 0. The minimum Gasteiger partial charge on any atom is -0.366 e. The second kappa shape index (κ2) is 6.35. The number of piperazine rings is 1. The second-order valence-corrected chi connectivity index (χ2v) is 3.81. The van der Waals surface area contributed by atoms with Crippen LogP contribution in [0.1, 0.15) is 19.8 Å². The van der Waals surface area contributed by atoms with Crippen molar-refractivity contribution < 1.29 is 4.74 Å². The third-order valence-corrected chi connectivity index (χ3v) is 2.51. The third-order valence-electron chi connectivity index (χ3n) is 2.51. The van der Waals surface area contributed by atoms with Gasteiger partial charge in [0.15, 0.2) is 0 Å². The van der Waals surface area contributed by atoms with E-state index in [2.05, 4.69) is 23.8 Å². The van der Waals surface area contributed by atoms with Gasteiger partial charge < -0.3 is 9.64 Å². The Bertz CT molecular complexity index is 122. The zero-order valence-electron chi connectivity index (χ0n) is 8.96. The zero-order chi connectivity index (χ0) is 9.52. The molecule has 1 saturated heterocycles. The molecule has 78 valence electrons. The molecule has 1 rings (SSSR count). The molecule has 3 heteroatoms. The van der Waals surface area contributed by atoms with E-state index >= 15 is 0 Å². The first-order valence-corrected chi connectivity index (χ1v) is 5.31. The molecule has 0 spiro atoms. The number of hydrogen-bond donors (Lipinski definition) is 0. The highest BCUT2D eigenvalue weighted by molar-refractivity contribution is 4.66. The maximum absolute atomic E-state index is 5.56. The van der Waals surface area contributed by atoms with Crippen LogP contribution in [0.3, 0.4) is 0 Å². The van der Waals surface area contributed by atoms with Gasteiger partial charge in [-0.2, -0.15) is 0 Å². The minimum atomic E-state index is 0.827. The Morgan fingerprint density at radius 1 is 1.15 bits per heavy atom. The summed E-state index contributed by atoms with van der Waals surface area (Å²) in [4.78, 5) is 4.75. The Kier molecular flexibility index (Phi) is 5.35. The molecule has 13 heavy (non-hydrogen) atoms. The van der Waals surface area contributed by atoms with Crippen molar-refractivity contribution in [3.8, 4) is 0 Å². The Morgan fingerprint density at radius 3 is 2.46 bits per heavy atom. The van der Waals surface area contributed by atoms with Crippen LogP contribution < -0.4 is 0 Å². The van der Waals surface area contributed by atoms with Crippen LogP contribution in [0.5, 0.6) is 0 Å². The summed E-state index contributed by atoms with van der Waals surface area (Å²) in [7, 11) is 2.18. The van der Waals surface area contributed by atoms with Crippen molar-refractivity contribution in [2.75, 3.05) is 46.6 Å². The molecule has 1 heterocycles. The molecular formula is C10H22N2O. The molecule has 0 aromatic rings. The molecule has 0 aromatic heterocycles. The molecule has 0 N–H and O–H groups in total. The van der Waals surface area contributed by atoms with Gasteiger partial charge in [0.2, 0.25) is 0 Å². The lowest BCUT2D eigenvalue weighted by Gasteiger charge is -2.31. The first-order valence-electron chi connectivity index (χ1n) is 5.31. The van der Waals surface area contributed by atoms with Crippen molar-refractivity contribution >= 4 is 0 Å². The Hall–Kier alpha value is -0.120. The van der Waals surface area contributed by atoms with Crippen LogP contribution in [0.15, 0.2) is 0 Å². The van der Waals surface area contributed by atoms with Gasteiger partial charge in [-0.1, -0.05) is 13.3 Å². The maximum Gasteiger partial charge on any atom is 0.0991 e. The second-order valence-electron chi connectivity index (χ2n) is 3.81. The number of nitrogens with zero attached hydrogens (tertiary/aromatic N) is 2. The lowest BCUT2D eigenvalue weighted by molar-refractivity contribution is 0.00542. The molecule has 0 amide bonds. The molecule has 1 fully saturated rings. The minimum absolute atomic E-state index is 0.827. The van der Waals surface area contributed by atoms with Crippen LogP contribution in [-0.4, -0.2) is 56.4 Å². The molecule has 0 saturated carbocycles. The number of rotatable bonds is 5. The van der Waals surface area contributed by atoms with E-state index in [4.69, 9.17) is 4.74 Å². The molecule has 0 aromatic carbocycles. The van der Waals surface area contributed by atoms with Gasteiger partial charge in [0.1, 0.15) is 0 Å². The van der Waals surface area contributed by atoms with Crippen molar-refractivity contribution in [2.24, 2.45) is 0 Å². The van der Waals surface area contributed by atoms with Gasteiger partial charge in [-0.05, 0) is 13.5 Å². The predicted octanol–water partition coefficient (Wildman–Crippen LogP) is 1.01. The SMILES string of the molecule is CCCCOCN1CCN(C)CC1. The summed E-state index contributed by atoms with van der Waals surface area (Å²) in [5.74, 6) is 0. The van der Waals surface area contributed by atoms with Crippen LogP contribution in [0.25, 0.3) is 0 Å². The summed E-state index contributed by atoms with van der Waals surface area (Å²) in [6, 6.07) is 0. The normalized spacial score (nSPS) is 20.8. The highest BCUT2D eigenvalue weighted by atomic mass is 16.5. The molecule has 3 nitrogen and oxygen atoms in total. The summed E-state index contributed by atoms with van der Waals surface area (Å²) in [5.41, 5.74) is 0. The molecule has 0 atom stereocenters. The molecule has 0 unspecified atom stereocenters. The van der Waals surface area contributed by atoms with Gasteiger partial charge in [0, 0.05) is 32.8 Å². The number of likely N-dealkylation sites (N-methyl/N-ethyl adjacent to an activating group) is 1. The van der Waals surface area contributed by atoms with Crippen molar-refractivity contribution in [1.82, 2.24) is 9.80 Å². The van der Waals surface area contributed by atoms with E-state index in [0.29, 0.717) is 0 Å². The van der Waals surface area contributed by atoms with Crippen LogP contribution in [0.2, 0.25) is 0 Å². The van der Waals surface area contributed by atoms with E-state index < -0.39 is 0 Å². The highest BCUT2D eigenvalue weighted by Crippen LogP contribution is 1.99. The van der Waals surface area contributed by atoms with Crippen LogP contribution in [0.4, 0.5) is 0 Å². The smallest absolute Gasteiger partial charge is 0.0991 e. The highest BCUT2D eigenvalue weighted by Gasteiger charge is 2.12. The topological polar surface area (TPSA) is 15.7 Å². The lowest BCUT2D eigenvalue weighted by Crippen LogP contribution is -2.45. The third kappa shape index (κ3) is 4.60. The predicted molar refractivity (Wildman–Crippen MR) is 54.8 cm³/mol. The number of unbranched alkanes of at least 4 members (excludes halogenated alkanes) is 1. The van der Waals surface area contributed by atoms with E-state index in [-0.39, 0.29) is 0 Å². The van der Waals surface area contributed by atoms with E-state index in [1.54, 1.807) is 0 Å². The van der Waals surface area contributed by atoms with Crippen molar-refractivity contribution in [3.63, 3.8) is 0 Å². The van der Waals surface area contributed by atoms with Gasteiger partial charge in [0.05, 0.1) is 6.73 Å².